The molecule has 17 heavy (non-hydrogen) atoms. The Morgan fingerprint density at radius 2 is 2.12 bits per heavy atom. The van der Waals surface area contributed by atoms with Gasteiger partial charge in [-0.05, 0) is 18.8 Å². The van der Waals surface area contributed by atoms with E-state index < -0.39 is 0 Å². The summed E-state index contributed by atoms with van der Waals surface area (Å²) in [6.07, 6.45) is 8.97. The summed E-state index contributed by atoms with van der Waals surface area (Å²) in [5.74, 6) is 0. The summed E-state index contributed by atoms with van der Waals surface area (Å²) < 4.78 is 2.20. The van der Waals surface area contributed by atoms with Gasteiger partial charge in [-0.1, -0.05) is 40.0 Å². The predicted molar refractivity (Wildman–Crippen MR) is 72.8 cm³/mol. The second-order valence-corrected chi connectivity index (χ2v) is 5.86. The molecule has 0 aliphatic rings. The molecule has 0 unspecified atom stereocenters. The highest BCUT2D eigenvalue weighted by Gasteiger charge is 2.20. The molecule has 1 aromatic rings. The van der Waals surface area contributed by atoms with Gasteiger partial charge in [0, 0.05) is 18.8 Å². The Labute approximate surface area is 105 Å². The standard InChI is InChI=1S/C14H27N3/c1-5-6-7-8-14(3,4)10-17-11-16-9-13(17)12(2)15/h9,11-12H,5-8,10,15H2,1-4H3/t12-/m0/s1. The van der Waals surface area contributed by atoms with Crippen LogP contribution in [-0.2, 0) is 6.54 Å². The van der Waals surface area contributed by atoms with Crippen molar-refractivity contribution in [3.05, 3.63) is 18.2 Å². The largest absolute Gasteiger partial charge is 0.333 e. The minimum absolute atomic E-state index is 0.0592. The minimum atomic E-state index is 0.0592. The van der Waals surface area contributed by atoms with Crippen LogP contribution in [0.25, 0.3) is 0 Å². The van der Waals surface area contributed by atoms with Gasteiger partial charge in [-0.3, -0.25) is 0 Å². The van der Waals surface area contributed by atoms with E-state index in [0.29, 0.717) is 5.41 Å². The Morgan fingerprint density at radius 1 is 1.41 bits per heavy atom. The van der Waals surface area contributed by atoms with Gasteiger partial charge in [0.2, 0.25) is 0 Å². The minimum Gasteiger partial charge on any atom is -0.333 e. The molecule has 0 amide bonds. The number of imidazole rings is 1. The predicted octanol–water partition coefficient (Wildman–Crippen LogP) is 3.51. The molecule has 1 rings (SSSR count). The quantitative estimate of drug-likeness (QED) is 0.737. The lowest BCUT2D eigenvalue weighted by Gasteiger charge is -2.26. The van der Waals surface area contributed by atoms with Crippen LogP contribution in [0.2, 0.25) is 0 Å². The maximum atomic E-state index is 5.94. The zero-order chi connectivity index (χ0) is 12.9. The summed E-state index contributed by atoms with van der Waals surface area (Å²) >= 11 is 0. The summed E-state index contributed by atoms with van der Waals surface area (Å²) in [6.45, 7) is 9.92. The fraction of sp³-hybridized carbons (Fsp3) is 0.786. The lowest BCUT2D eigenvalue weighted by atomic mass is 9.86. The highest BCUT2D eigenvalue weighted by molar-refractivity contribution is 5.03. The monoisotopic (exact) mass is 237 g/mol. The average molecular weight is 237 g/mol. The number of hydrogen-bond acceptors (Lipinski definition) is 2. The van der Waals surface area contributed by atoms with E-state index in [2.05, 4.69) is 30.3 Å². The van der Waals surface area contributed by atoms with Gasteiger partial charge < -0.3 is 10.3 Å². The molecule has 0 fully saturated rings. The van der Waals surface area contributed by atoms with Gasteiger partial charge in [0.25, 0.3) is 0 Å². The fourth-order valence-electron chi connectivity index (χ4n) is 2.24. The van der Waals surface area contributed by atoms with Gasteiger partial charge in [-0.15, -0.1) is 0 Å². The van der Waals surface area contributed by atoms with E-state index >= 15 is 0 Å². The Balaban J connectivity index is 2.59. The fourth-order valence-corrected chi connectivity index (χ4v) is 2.24. The van der Waals surface area contributed by atoms with Crippen molar-refractivity contribution in [1.29, 1.82) is 0 Å². The molecule has 3 heteroatoms. The maximum absolute atomic E-state index is 5.94. The van der Waals surface area contributed by atoms with Crippen LogP contribution < -0.4 is 5.73 Å². The highest BCUT2D eigenvalue weighted by atomic mass is 15.1. The summed E-state index contributed by atoms with van der Waals surface area (Å²) in [6, 6.07) is 0.0592. The van der Waals surface area contributed by atoms with Crippen LogP contribution in [-0.4, -0.2) is 9.55 Å². The van der Waals surface area contributed by atoms with E-state index in [9.17, 15) is 0 Å². The molecule has 1 atom stereocenters. The van der Waals surface area contributed by atoms with Crippen LogP contribution in [0.3, 0.4) is 0 Å². The first-order chi connectivity index (χ1) is 7.96. The first-order valence-corrected chi connectivity index (χ1v) is 6.72. The molecule has 0 aliphatic heterocycles. The number of hydrogen-bond donors (Lipinski definition) is 1. The molecular formula is C14H27N3. The molecule has 0 radical (unpaired) electrons. The number of nitrogens with two attached hydrogens (primary N) is 1. The molecule has 0 aliphatic carbocycles. The van der Waals surface area contributed by atoms with Crippen molar-refractivity contribution < 1.29 is 0 Å². The van der Waals surface area contributed by atoms with Crippen molar-refractivity contribution in [2.24, 2.45) is 11.1 Å². The van der Waals surface area contributed by atoms with Crippen LogP contribution >= 0.6 is 0 Å². The second kappa shape index (κ2) is 6.20. The first kappa shape index (κ1) is 14.2. The second-order valence-electron chi connectivity index (χ2n) is 5.86. The van der Waals surface area contributed by atoms with E-state index in [1.807, 2.05) is 19.4 Å². The molecular weight excluding hydrogens is 210 g/mol. The number of nitrogens with zero attached hydrogens (tertiary/aromatic N) is 2. The van der Waals surface area contributed by atoms with Gasteiger partial charge >= 0.3 is 0 Å². The third-order valence-electron chi connectivity index (χ3n) is 3.27. The first-order valence-electron chi connectivity index (χ1n) is 6.72. The normalized spacial score (nSPS) is 13.9. The molecule has 0 saturated heterocycles. The lowest BCUT2D eigenvalue weighted by molar-refractivity contribution is 0.267. The lowest BCUT2D eigenvalue weighted by Crippen LogP contribution is -2.22. The van der Waals surface area contributed by atoms with Crippen molar-refractivity contribution in [2.75, 3.05) is 0 Å². The highest BCUT2D eigenvalue weighted by Crippen LogP contribution is 2.27. The maximum Gasteiger partial charge on any atom is 0.0948 e. The van der Waals surface area contributed by atoms with Crippen LogP contribution in [0, 0.1) is 5.41 Å². The third kappa shape index (κ3) is 4.50. The summed E-state index contributed by atoms with van der Waals surface area (Å²) in [5.41, 5.74) is 7.39. The number of aromatic nitrogens is 2. The van der Waals surface area contributed by atoms with E-state index in [0.717, 1.165) is 12.2 Å². The van der Waals surface area contributed by atoms with Crippen molar-refractivity contribution in [1.82, 2.24) is 9.55 Å². The Morgan fingerprint density at radius 3 is 2.71 bits per heavy atom. The molecule has 0 aromatic carbocycles. The van der Waals surface area contributed by atoms with Crippen molar-refractivity contribution >= 4 is 0 Å². The molecule has 98 valence electrons. The van der Waals surface area contributed by atoms with Crippen LogP contribution in [0.15, 0.2) is 12.5 Å². The van der Waals surface area contributed by atoms with E-state index in [4.69, 9.17) is 5.73 Å². The topological polar surface area (TPSA) is 43.8 Å². The Hall–Kier alpha value is -0.830. The zero-order valence-corrected chi connectivity index (χ0v) is 11.7. The van der Waals surface area contributed by atoms with E-state index in [1.54, 1.807) is 0 Å². The molecule has 3 nitrogen and oxygen atoms in total. The summed E-state index contributed by atoms with van der Waals surface area (Å²) in [4.78, 5) is 4.21. The summed E-state index contributed by atoms with van der Waals surface area (Å²) in [5, 5.41) is 0. The van der Waals surface area contributed by atoms with E-state index in [-0.39, 0.29) is 6.04 Å². The molecule has 1 aromatic heterocycles. The Kier molecular flexibility index (Phi) is 5.19. The van der Waals surface area contributed by atoms with Gasteiger partial charge in [-0.2, -0.15) is 0 Å². The van der Waals surface area contributed by atoms with E-state index in [1.165, 1.54) is 25.7 Å². The van der Waals surface area contributed by atoms with Crippen molar-refractivity contribution in [3.63, 3.8) is 0 Å². The van der Waals surface area contributed by atoms with Gasteiger partial charge in [0.15, 0.2) is 0 Å². The van der Waals surface area contributed by atoms with Crippen molar-refractivity contribution in [2.45, 2.75) is 66.0 Å². The van der Waals surface area contributed by atoms with Crippen LogP contribution in [0.5, 0.6) is 0 Å². The average Bonchev–Trinajstić information content (AvgIpc) is 2.65. The number of unbranched alkanes of at least 4 members (excludes halogenated alkanes) is 2. The zero-order valence-electron chi connectivity index (χ0n) is 11.7. The summed E-state index contributed by atoms with van der Waals surface area (Å²) in [7, 11) is 0. The van der Waals surface area contributed by atoms with Crippen LogP contribution in [0.4, 0.5) is 0 Å². The number of rotatable bonds is 7. The van der Waals surface area contributed by atoms with Crippen LogP contribution in [0.1, 0.15) is 65.1 Å². The Bertz CT molecular complexity index is 326. The molecule has 0 bridgehead atoms. The third-order valence-corrected chi connectivity index (χ3v) is 3.27. The SMILES string of the molecule is CCCCCC(C)(C)Cn1cncc1[C@H](C)N. The molecule has 2 N–H and O–H groups in total. The van der Waals surface area contributed by atoms with Crippen molar-refractivity contribution in [3.8, 4) is 0 Å². The molecule has 0 saturated carbocycles. The van der Waals surface area contributed by atoms with Gasteiger partial charge in [0.1, 0.15) is 0 Å². The van der Waals surface area contributed by atoms with Gasteiger partial charge in [0.05, 0.1) is 12.0 Å². The molecule has 1 heterocycles. The smallest absolute Gasteiger partial charge is 0.0948 e. The molecule has 0 spiro atoms. The van der Waals surface area contributed by atoms with Gasteiger partial charge in [-0.25, -0.2) is 4.98 Å².